The highest BCUT2D eigenvalue weighted by atomic mass is 127. The second kappa shape index (κ2) is 11.0. The van der Waals surface area contributed by atoms with Gasteiger partial charge in [0.15, 0.2) is 5.96 Å². The van der Waals surface area contributed by atoms with Crippen LogP contribution in [0.15, 0.2) is 41.4 Å². The molecule has 0 saturated heterocycles. The average Bonchev–Trinajstić information content (AvgIpc) is 3.12. The Morgan fingerprint density at radius 3 is 2.36 bits per heavy atom. The Morgan fingerprint density at radius 2 is 1.80 bits per heavy atom. The maximum absolute atomic E-state index is 4.71. The first kappa shape index (κ1) is 22.2. The van der Waals surface area contributed by atoms with Crippen molar-refractivity contribution in [3.8, 4) is 0 Å². The van der Waals surface area contributed by atoms with Gasteiger partial charge < -0.3 is 15.5 Å². The summed E-state index contributed by atoms with van der Waals surface area (Å²) < 4.78 is 0.196. The van der Waals surface area contributed by atoms with Gasteiger partial charge in [-0.05, 0) is 44.7 Å². The molecule has 1 aliphatic rings. The summed E-state index contributed by atoms with van der Waals surface area (Å²) in [5.41, 5.74) is 2.51. The molecule has 0 atom stereocenters. The lowest BCUT2D eigenvalue weighted by Crippen LogP contribution is -2.43. The van der Waals surface area contributed by atoms with E-state index in [2.05, 4.69) is 79.0 Å². The molecule has 0 bridgehead atoms. The minimum absolute atomic E-state index is 0. The largest absolute Gasteiger partial charge is 0.364 e. The van der Waals surface area contributed by atoms with Gasteiger partial charge in [0.1, 0.15) is 0 Å². The molecule has 0 aromatic heterocycles. The molecule has 0 fully saturated rings. The van der Waals surface area contributed by atoms with Crippen molar-refractivity contribution >= 4 is 47.4 Å². The van der Waals surface area contributed by atoms with Crippen LogP contribution in [0, 0.1) is 0 Å². The Labute approximate surface area is 174 Å². The highest BCUT2D eigenvalue weighted by Crippen LogP contribution is 2.20. The van der Waals surface area contributed by atoms with E-state index in [1.165, 1.54) is 11.3 Å². The molecule has 4 nitrogen and oxygen atoms in total. The monoisotopic (exact) mass is 474 g/mol. The Bertz CT molecular complexity index is 561. The number of guanidine groups is 1. The number of nitrogens with one attached hydrogen (secondary N) is 2. The van der Waals surface area contributed by atoms with E-state index in [0.29, 0.717) is 6.54 Å². The van der Waals surface area contributed by atoms with Crippen molar-refractivity contribution in [3.05, 3.63) is 42.0 Å². The van der Waals surface area contributed by atoms with Gasteiger partial charge in [0.05, 0.1) is 6.54 Å². The van der Waals surface area contributed by atoms with Crippen LogP contribution in [0.3, 0.4) is 0 Å². The Morgan fingerprint density at radius 1 is 1.16 bits per heavy atom. The quantitative estimate of drug-likeness (QED) is 0.273. The van der Waals surface area contributed by atoms with Gasteiger partial charge in [-0.25, -0.2) is 4.99 Å². The van der Waals surface area contributed by atoms with Gasteiger partial charge in [0, 0.05) is 36.6 Å². The fourth-order valence-corrected chi connectivity index (χ4v) is 2.60. The second-order valence-electron chi connectivity index (χ2n) is 6.56. The summed E-state index contributed by atoms with van der Waals surface area (Å²) in [6, 6.07) is 8.73. The number of nitrogens with zero attached hydrogens (tertiary/aromatic N) is 2. The lowest BCUT2D eigenvalue weighted by Gasteiger charge is -2.23. The van der Waals surface area contributed by atoms with Crippen LogP contribution in [0.25, 0.3) is 0 Å². The standard InChI is InChI=1S/C19H30N4S.HI/c1-5-20-18(22-15-19(2,3)24-4)21-14-16-8-10-17(11-9-16)23-12-6-7-13-23;/h6-11H,5,12-15H2,1-4H3,(H2,20,21,22);1H. The fourth-order valence-electron chi connectivity index (χ4n) is 2.38. The van der Waals surface area contributed by atoms with E-state index in [-0.39, 0.29) is 28.7 Å². The van der Waals surface area contributed by atoms with E-state index in [1.807, 2.05) is 11.8 Å². The highest BCUT2D eigenvalue weighted by molar-refractivity contribution is 14.0. The van der Waals surface area contributed by atoms with Crippen molar-refractivity contribution in [1.82, 2.24) is 10.6 Å². The number of anilines is 1. The van der Waals surface area contributed by atoms with Gasteiger partial charge in [0.25, 0.3) is 0 Å². The highest BCUT2D eigenvalue weighted by Gasteiger charge is 2.16. The molecule has 0 saturated carbocycles. The van der Waals surface area contributed by atoms with Crippen molar-refractivity contribution in [2.75, 3.05) is 37.3 Å². The molecule has 2 N–H and O–H groups in total. The normalized spacial score (nSPS) is 14.4. The molecule has 0 unspecified atom stereocenters. The van der Waals surface area contributed by atoms with E-state index in [9.17, 15) is 0 Å². The number of thioether (sulfide) groups is 1. The maximum atomic E-state index is 4.71. The number of hydrogen-bond acceptors (Lipinski definition) is 3. The van der Waals surface area contributed by atoms with Crippen LogP contribution in [-0.4, -0.2) is 43.1 Å². The predicted molar refractivity (Wildman–Crippen MR) is 124 cm³/mol. The molecule has 1 aromatic carbocycles. The Hall–Kier alpha value is -0.890. The third-order valence-corrected chi connectivity index (χ3v) is 5.37. The third kappa shape index (κ3) is 7.48. The number of benzene rings is 1. The third-order valence-electron chi connectivity index (χ3n) is 4.12. The second-order valence-corrected chi connectivity index (χ2v) is 8.07. The van der Waals surface area contributed by atoms with E-state index in [1.54, 1.807) is 0 Å². The molecule has 25 heavy (non-hydrogen) atoms. The molecule has 0 amide bonds. The van der Waals surface area contributed by atoms with E-state index >= 15 is 0 Å². The van der Waals surface area contributed by atoms with Gasteiger partial charge in [-0.15, -0.1) is 24.0 Å². The van der Waals surface area contributed by atoms with Crippen molar-refractivity contribution in [3.63, 3.8) is 0 Å². The average molecular weight is 474 g/mol. The van der Waals surface area contributed by atoms with Crippen LogP contribution in [0.5, 0.6) is 0 Å². The zero-order chi connectivity index (χ0) is 17.4. The Kier molecular flexibility index (Phi) is 9.71. The van der Waals surface area contributed by atoms with Gasteiger partial charge in [0.2, 0.25) is 0 Å². The summed E-state index contributed by atoms with van der Waals surface area (Å²) in [4.78, 5) is 7.06. The topological polar surface area (TPSA) is 39.7 Å². The molecule has 0 spiro atoms. The van der Waals surface area contributed by atoms with E-state index in [0.717, 1.165) is 32.1 Å². The Balaban J connectivity index is 0.00000312. The molecule has 6 heteroatoms. The first-order valence-electron chi connectivity index (χ1n) is 8.60. The minimum Gasteiger partial charge on any atom is -0.364 e. The number of aliphatic imine (C=N–C) groups is 1. The SMILES string of the molecule is CCNC(=NCc1ccc(N2CC=CC2)cc1)NCC(C)(C)SC.I. The number of rotatable bonds is 7. The van der Waals surface area contributed by atoms with E-state index in [4.69, 9.17) is 4.99 Å². The molecular weight excluding hydrogens is 443 g/mol. The van der Waals surface area contributed by atoms with Crippen LogP contribution in [0.1, 0.15) is 26.3 Å². The first-order valence-corrected chi connectivity index (χ1v) is 9.83. The summed E-state index contributed by atoms with van der Waals surface area (Å²) >= 11 is 1.86. The van der Waals surface area contributed by atoms with Crippen molar-refractivity contribution in [1.29, 1.82) is 0 Å². The molecule has 1 heterocycles. The van der Waals surface area contributed by atoms with Crippen LogP contribution >= 0.6 is 35.7 Å². The molecule has 1 aliphatic heterocycles. The van der Waals surface area contributed by atoms with Gasteiger partial charge in [-0.1, -0.05) is 24.3 Å². The molecular formula is C19H31IN4S. The summed E-state index contributed by atoms with van der Waals surface area (Å²) in [6.07, 6.45) is 6.56. The lowest BCUT2D eigenvalue weighted by atomic mass is 10.2. The maximum Gasteiger partial charge on any atom is 0.191 e. The van der Waals surface area contributed by atoms with Crippen molar-refractivity contribution in [2.45, 2.75) is 32.1 Å². The van der Waals surface area contributed by atoms with Crippen LogP contribution in [0.2, 0.25) is 0 Å². The first-order chi connectivity index (χ1) is 11.5. The van der Waals surface area contributed by atoms with Crippen LogP contribution in [-0.2, 0) is 6.54 Å². The van der Waals surface area contributed by atoms with E-state index < -0.39 is 0 Å². The molecule has 2 rings (SSSR count). The van der Waals surface area contributed by atoms with Gasteiger partial charge >= 0.3 is 0 Å². The summed E-state index contributed by atoms with van der Waals surface area (Å²) in [6.45, 7) is 11.0. The zero-order valence-electron chi connectivity index (χ0n) is 15.7. The molecule has 0 radical (unpaired) electrons. The lowest BCUT2D eigenvalue weighted by molar-refractivity contribution is 0.665. The zero-order valence-corrected chi connectivity index (χ0v) is 18.9. The summed E-state index contributed by atoms with van der Waals surface area (Å²) in [5, 5.41) is 6.76. The predicted octanol–water partition coefficient (Wildman–Crippen LogP) is 3.88. The number of halogens is 1. The molecule has 140 valence electrons. The van der Waals surface area contributed by atoms with Crippen LogP contribution in [0.4, 0.5) is 5.69 Å². The molecule has 1 aromatic rings. The summed E-state index contributed by atoms with van der Waals surface area (Å²) in [5.74, 6) is 0.882. The number of hydrogen-bond donors (Lipinski definition) is 2. The smallest absolute Gasteiger partial charge is 0.191 e. The van der Waals surface area contributed by atoms with Crippen molar-refractivity contribution in [2.24, 2.45) is 4.99 Å². The minimum atomic E-state index is 0. The molecule has 0 aliphatic carbocycles. The van der Waals surface area contributed by atoms with Crippen molar-refractivity contribution < 1.29 is 0 Å². The summed E-state index contributed by atoms with van der Waals surface area (Å²) in [7, 11) is 0. The fraction of sp³-hybridized carbons (Fsp3) is 0.526. The van der Waals surface area contributed by atoms with Gasteiger partial charge in [-0.3, -0.25) is 0 Å². The van der Waals surface area contributed by atoms with Crippen LogP contribution < -0.4 is 15.5 Å². The van der Waals surface area contributed by atoms with Gasteiger partial charge in [-0.2, -0.15) is 11.8 Å².